The van der Waals surface area contributed by atoms with Crippen LogP contribution >= 0.6 is 35.4 Å². The van der Waals surface area contributed by atoms with Gasteiger partial charge >= 0.3 is 0 Å². The molecule has 0 atom stereocenters. The van der Waals surface area contributed by atoms with E-state index in [1.807, 2.05) is 26.0 Å². The van der Waals surface area contributed by atoms with Crippen LogP contribution in [0.1, 0.15) is 28.1 Å². The molecule has 2 amide bonds. The molecule has 168 valence electrons. The average molecular weight is 498 g/mol. The average Bonchev–Trinajstić information content (AvgIpc) is 3.03. The smallest absolute Gasteiger partial charge is 0.270 e. The van der Waals surface area contributed by atoms with Crippen molar-refractivity contribution in [3.63, 3.8) is 0 Å². The van der Waals surface area contributed by atoms with Crippen LogP contribution in [0.5, 0.6) is 0 Å². The van der Waals surface area contributed by atoms with Gasteiger partial charge in [0.1, 0.15) is 5.57 Å². The fourth-order valence-corrected chi connectivity index (χ4v) is 4.63. The summed E-state index contributed by atoms with van der Waals surface area (Å²) in [5, 5.41) is 3.00. The normalized spacial score (nSPS) is 15.4. The van der Waals surface area contributed by atoms with Crippen LogP contribution in [0.2, 0.25) is 10.0 Å². The Morgan fingerprint density at radius 2 is 1.64 bits per heavy atom. The Bertz CT molecular complexity index is 1370. The molecule has 4 rings (SSSR count). The lowest BCUT2D eigenvalue weighted by Gasteiger charge is -2.29. The van der Waals surface area contributed by atoms with Gasteiger partial charge in [0.15, 0.2) is 5.11 Å². The highest BCUT2D eigenvalue weighted by molar-refractivity contribution is 7.80. The Morgan fingerprint density at radius 1 is 0.970 bits per heavy atom. The molecule has 0 saturated carbocycles. The molecule has 5 nitrogen and oxygen atoms in total. The molecule has 2 heterocycles. The summed E-state index contributed by atoms with van der Waals surface area (Å²) in [6.07, 6.45) is 1.59. The number of anilines is 1. The number of halogens is 2. The first-order valence-corrected chi connectivity index (χ1v) is 11.4. The van der Waals surface area contributed by atoms with Crippen molar-refractivity contribution in [1.82, 2.24) is 9.88 Å². The van der Waals surface area contributed by atoms with Crippen LogP contribution in [-0.4, -0.2) is 21.5 Å². The predicted octanol–water partition coefficient (Wildman–Crippen LogP) is 5.85. The van der Waals surface area contributed by atoms with Gasteiger partial charge < -0.3 is 4.57 Å². The first-order chi connectivity index (χ1) is 15.6. The molecule has 2 aromatic carbocycles. The minimum atomic E-state index is -0.565. The van der Waals surface area contributed by atoms with Gasteiger partial charge in [-0.05, 0) is 86.9 Å². The van der Waals surface area contributed by atoms with Crippen LogP contribution in [0.25, 0.3) is 11.8 Å². The zero-order valence-corrected chi connectivity index (χ0v) is 20.8. The van der Waals surface area contributed by atoms with Gasteiger partial charge in [0.2, 0.25) is 0 Å². The van der Waals surface area contributed by atoms with Crippen molar-refractivity contribution in [2.24, 2.45) is 0 Å². The van der Waals surface area contributed by atoms with Gasteiger partial charge in [-0.15, -0.1) is 0 Å². The van der Waals surface area contributed by atoms with E-state index in [4.69, 9.17) is 35.4 Å². The lowest BCUT2D eigenvalue weighted by atomic mass is 10.1. The number of aryl methyl sites for hydroxylation is 2. The Hall–Kier alpha value is -2.93. The number of carbonyl (C=O) groups excluding carboxylic acids is 2. The number of benzene rings is 2. The van der Waals surface area contributed by atoms with E-state index in [1.54, 1.807) is 24.3 Å². The van der Waals surface area contributed by atoms with Gasteiger partial charge in [0, 0.05) is 17.1 Å². The van der Waals surface area contributed by atoms with Gasteiger partial charge in [0.25, 0.3) is 11.8 Å². The zero-order chi connectivity index (χ0) is 24.0. The molecule has 1 N–H and O–H groups in total. The molecule has 33 heavy (non-hydrogen) atoms. The number of aromatic nitrogens is 1. The number of rotatable bonds is 3. The van der Waals surface area contributed by atoms with Crippen molar-refractivity contribution in [2.45, 2.75) is 27.7 Å². The molecule has 8 heteroatoms. The number of hydrogen-bond acceptors (Lipinski definition) is 3. The van der Waals surface area contributed by atoms with Crippen molar-refractivity contribution >= 4 is 64.1 Å². The standard InChI is InChI=1S/C25H21Cl2N3O2S/c1-13-7-5-9-20(15(13)3)29-14(2)11-17(16(29)4)12-18-23(31)28-25(33)30(24(18)32)21-10-6-8-19(26)22(21)27/h5-12H,1-4H3,(H,28,31,33)/b18-12+. The van der Waals surface area contributed by atoms with Crippen molar-refractivity contribution in [3.05, 3.63) is 86.2 Å². The molecule has 1 fully saturated rings. The molecule has 0 spiro atoms. The maximum absolute atomic E-state index is 13.4. The van der Waals surface area contributed by atoms with E-state index in [0.29, 0.717) is 5.69 Å². The molecular weight excluding hydrogens is 477 g/mol. The number of amides is 2. The lowest BCUT2D eigenvalue weighted by molar-refractivity contribution is -0.122. The summed E-state index contributed by atoms with van der Waals surface area (Å²) in [6.45, 7) is 8.10. The minimum absolute atomic E-state index is 0.0409. The summed E-state index contributed by atoms with van der Waals surface area (Å²) in [5.41, 5.74) is 6.34. The monoisotopic (exact) mass is 497 g/mol. The highest BCUT2D eigenvalue weighted by Crippen LogP contribution is 2.35. The molecule has 0 unspecified atom stereocenters. The molecule has 0 radical (unpaired) electrons. The third-order valence-corrected chi connectivity index (χ3v) is 6.95. The minimum Gasteiger partial charge on any atom is -0.318 e. The Kier molecular flexibility index (Phi) is 6.18. The van der Waals surface area contributed by atoms with Crippen LogP contribution in [0, 0.1) is 27.7 Å². The van der Waals surface area contributed by atoms with Crippen LogP contribution < -0.4 is 10.2 Å². The molecule has 1 saturated heterocycles. The van der Waals surface area contributed by atoms with Gasteiger partial charge in [-0.3, -0.25) is 19.8 Å². The lowest BCUT2D eigenvalue weighted by Crippen LogP contribution is -2.54. The first kappa shape index (κ1) is 23.2. The summed E-state index contributed by atoms with van der Waals surface area (Å²) in [6, 6.07) is 13.0. The summed E-state index contributed by atoms with van der Waals surface area (Å²) < 4.78 is 2.12. The van der Waals surface area contributed by atoms with Crippen LogP contribution in [0.4, 0.5) is 5.69 Å². The summed E-state index contributed by atoms with van der Waals surface area (Å²) in [7, 11) is 0. The molecule has 0 bridgehead atoms. The van der Waals surface area contributed by atoms with E-state index in [0.717, 1.165) is 28.2 Å². The number of nitrogens with one attached hydrogen (secondary N) is 1. The maximum atomic E-state index is 13.4. The fourth-order valence-electron chi connectivity index (χ4n) is 3.98. The van der Waals surface area contributed by atoms with E-state index in [1.165, 1.54) is 10.5 Å². The highest BCUT2D eigenvalue weighted by Gasteiger charge is 2.36. The van der Waals surface area contributed by atoms with Crippen molar-refractivity contribution in [3.8, 4) is 5.69 Å². The van der Waals surface area contributed by atoms with Crippen molar-refractivity contribution < 1.29 is 9.59 Å². The van der Waals surface area contributed by atoms with Gasteiger partial charge in [-0.25, -0.2) is 0 Å². The Balaban J connectivity index is 1.81. The fraction of sp³-hybridized carbons (Fsp3) is 0.160. The van der Waals surface area contributed by atoms with Crippen LogP contribution in [-0.2, 0) is 9.59 Å². The largest absolute Gasteiger partial charge is 0.318 e. The van der Waals surface area contributed by atoms with E-state index < -0.39 is 11.8 Å². The SMILES string of the molecule is Cc1cccc(-n2c(C)cc(/C=C3\C(=O)NC(=S)N(c4cccc(Cl)c4Cl)C3=O)c2C)c1C. The Morgan fingerprint density at radius 3 is 2.36 bits per heavy atom. The number of nitrogens with zero attached hydrogens (tertiary/aromatic N) is 2. The van der Waals surface area contributed by atoms with Crippen molar-refractivity contribution in [2.75, 3.05) is 4.90 Å². The molecule has 1 aliphatic rings. The summed E-state index contributed by atoms with van der Waals surface area (Å²) in [5.74, 6) is -1.12. The molecule has 3 aromatic rings. The number of thiocarbonyl (C=S) groups is 1. The summed E-state index contributed by atoms with van der Waals surface area (Å²) in [4.78, 5) is 27.3. The molecule has 1 aliphatic heterocycles. The molecular formula is C25H21Cl2N3O2S. The second-order valence-corrected chi connectivity index (χ2v) is 9.08. The van der Waals surface area contributed by atoms with Crippen LogP contribution in [0.15, 0.2) is 48.0 Å². The van der Waals surface area contributed by atoms with E-state index in [2.05, 4.69) is 35.9 Å². The zero-order valence-electron chi connectivity index (χ0n) is 18.5. The number of carbonyl (C=O) groups is 2. The molecule has 0 aliphatic carbocycles. The van der Waals surface area contributed by atoms with E-state index in [9.17, 15) is 9.59 Å². The second kappa shape index (κ2) is 8.78. The summed E-state index contributed by atoms with van der Waals surface area (Å²) >= 11 is 17.7. The Labute approximate surface area is 207 Å². The topological polar surface area (TPSA) is 54.3 Å². The maximum Gasteiger partial charge on any atom is 0.270 e. The second-order valence-electron chi connectivity index (χ2n) is 7.91. The van der Waals surface area contributed by atoms with Gasteiger partial charge in [0.05, 0.1) is 15.7 Å². The quantitative estimate of drug-likeness (QED) is 0.280. The van der Waals surface area contributed by atoms with E-state index >= 15 is 0 Å². The first-order valence-electron chi connectivity index (χ1n) is 10.2. The predicted molar refractivity (Wildman–Crippen MR) is 137 cm³/mol. The van der Waals surface area contributed by atoms with Crippen molar-refractivity contribution in [1.29, 1.82) is 0 Å². The van der Waals surface area contributed by atoms with Gasteiger partial charge in [-0.2, -0.15) is 0 Å². The highest BCUT2D eigenvalue weighted by atomic mass is 35.5. The number of hydrogen-bond donors (Lipinski definition) is 1. The third-order valence-electron chi connectivity index (χ3n) is 5.86. The third kappa shape index (κ3) is 3.99. The molecule has 1 aromatic heterocycles. The van der Waals surface area contributed by atoms with Gasteiger partial charge in [-0.1, -0.05) is 41.4 Å². The van der Waals surface area contributed by atoms with E-state index in [-0.39, 0.29) is 20.7 Å². The van der Waals surface area contributed by atoms with Crippen LogP contribution in [0.3, 0.4) is 0 Å².